The Morgan fingerprint density at radius 1 is 1.13 bits per heavy atom. The number of piperazine rings is 1. The van der Waals surface area contributed by atoms with Crippen LogP contribution in [0.2, 0.25) is 0 Å². The summed E-state index contributed by atoms with van der Waals surface area (Å²) < 4.78 is 10.8. The second-order valence-electron chi connectivity index (χ2n) is 7.35. The summed E-state index contributed by atoms with van der Waals surface area (Å²) in [6, 6.07) is 11.2. The van der Waals surface area contributed by atoms with E-state index in [4.69, 9.17) is 9.26 Å². The van der Waals surface area contributed by atoms with Gasteiger partial charge in [-0.3, -0.25) is 9.69 Å². The molecule has 0 spiro atoms. The Kier molecular flexibility index (Phi) is 5.06. The molecule has 5 rings (SSSR count). The molecule has 1 atom stereocenters. The van der Waals surface area contributed by atoms with Crippen LogP contribution in [-0.2, 0) is 22.5 Å². The summed E-state index contributed by atoms with van der Waals surface area (Å²) in [5.41, 5.74) is 1.41. The fourth-order valence-electron chi connectivity index (χ4n) is 3.82. The smallest absolute Gasteiger partial charge is 0.339 e. The third-order valence-electron chi connectivity index (χ3n) is 5.42. The monoisotopic (exact) mass is 424 g/mol. The van der Waals surface area contributed by atoms with Crippen molar-refractivity contribution in [1.29, 1.82) is 0 Å². The normalized spacial score (nSPS) is 19.4. The van der Waals surface area contributed by atoms with Crippen LogP contribution in [-0.4, -0.2) is 64.1 Å². The molecule has 8 nitrogen and oxygen atoms in total. The van der Waals surface area contributed by atoms with Crippen molar-refractivity contribution < 1.29 is 18.8 Å². The molecule has 2 aromatic heterocycles. The minimum absolute atomic E-state index is 0.129. The highest BCUT2D eigenvalue weighted by Gasteiger charge is 2.35. The van der Waals surface area contributed by atoms with Crippen LogP contribution in [0.5, 0.6) is 0 Å². The minimum Gasteiger partial charge on any atom is -0.448 e. The Bertz CT molecular complexity index is 1060. The molecule has 1 saturated heterocycles. The number of nitrogens with zero attached hydrogens (tertiary/aromatic N) is 4. The maximum Gasteiger partial charge on any atom is 0.339 e. The number of esters is 1. The lowest BCUT2D eigenvalue weighted by atomic mass is 9.98. The van der Waals surface area contributed by atoms with E-state index >= 15 is 0 Å². The molecule has 0 bridgehead atoms. The van der Waals surface area contributed by atoms with E-state index in [1.165, 1.54) is 0 Å². The van der Waals surface area contributed by atoms with Gasteiger partial charge in [-0.1, -0.05) is 29.4 Å². The standard InChI is InChI=1S/C21H20N4O4S/c26-20(16-12-14-4-1-2-5-15(14)21(27)28-16)25-9-7-24(8-10-25)13-18-22-19(23-29-18)17-6-3-11-30-17/h1-6,11,16H,7-10,12-13H2/t16-/m0/s1. The topological polar surface area (TPSA) is 88.8 Å². The lowest BCUT2D eigenvalue weighted by Gasteiger charge is -2.36. The van der Waals surface area contributed by atoms with Crippen molar-refractivity contribution in [3.05, 3.63) is 58.8 Å². The van der Waals surface area contributed by atoms with E-state index in [1.807, 2.05) is 29.6 Å². The van der Waals surface area contributed by atoms with Crippen LogP contribution in [0.15, 0.2) is 46.3 Å². The number of benzene rings is 1. The van der Waals surface area contributed by atoms with E-state index in [-0.39, 0.29) is 5.91 Å². The third kappa shape index (κ3) is 3.73. The molecular weight excluding hydrogens is 404 g/mol. The summed E-state index contributed by atoms with van der Waals surface area (Å²) in [6.07, 6.45) is -0.322. The second kappa shape index (κ2) is 8.00. The van der Waals surface area contributed by atoms with Gasteiger partial charge in [0.25, 0.3) is 5.91 Å². The van der Waals surface area contributed by atoms with Crippen molar-refractivity contribution >= 4 is 23.2 Å². The zero-order valence-electron chi connectivity index (χ0n) is 16.2. The molecule has 2 aliphatic rings. The van der Waals surface area contributed by atoms with Crippen LogP contribution in [0, 0.1) is 0 Å². The van der Waals surface area contributed by atoms with Crippen LogP contribution in [0.3, 0.4) is 0 Å². The predicted molar refractivity (Wildman–Crippen MR) is 109 cm³/mol. The quantitative estimate of drug-likeness (QED) is 0.594. The highest BCUT2D eigenvalue weighted by molar-refractivity contribution is 7.13. The van der Waals surface area contributed by atoms with Crippen molar-refractivity contribution in [3.8, 4) is 10.7 Å². The van der Waals surface area contributed by atoms with Crippen LogP contribution in [0.1, 0.15) is 21.8 Å². The maximum absolute atomic E-state index is 12.9. The van der Waals surface area contributed by atoms with Gasteiger partial charge in [-0.25, -0.2) is 4.79 Å². The molecule has 0 unspecified atom stereocenters. The van der Waals surface area contributed by atoms with E-state index in [1.54, 1.807) is 28.4 Å². The van der Waals surface area contributed by atoms with Gasteiger partial charge >= 0.3 is 5.97 Å². The zero-order chi connectivity index (χ0) is 20.5. The summed E-state index contributed by atoms with van der Waals surface area (Å²) in [7, 11) is 0. The Morgan fingerprint density at radius 2 is 1.97 bits per heavy atom. The van der Waals surface area contributed by atoms with E-state index in [2.05, 4.69) is 15.0 Å². The average Bonchev–Trinajstić information content (AvgIpc) is 3.46. The number of carbonyl (C=O) groups excluding carboxylic acids is 2. The number of fused-ring (bicyclic) bond motifs is 1. The first-order chi connectivity index (χ1) is 14.7. The van der Waals surface area contributed by atoms with Crippen molar-refractivity contribution in [3.63, 3.8) is 0 Å². The van der Waals surface area contributed by atoms with Crippen molar-refractivity contribution in [2.24, 2.45) is 0 Å². The summed E-state index contributed by atoms with van der Waals surface area (Å²) in [5.74, 6) is 0.617. The van der Waals surface area contributed by atoms with Crippen LogP contribution in [0.25, 0.3) is 10.7 Å². The van der Waals surface area contributed by atoms with Crippen LogP contribution < -0.4 is 0 Å². The highest BCUT2D eigenvalue weighted by atomic mass is 32.1. The predicted octanol–water partition coefficient (Wildman–Crippen LogP) is 2.22. The molecule has 0 radical (unpaired) electrons. The molecule has 9 heteroatoms. The first-order valence-electron chi connectivity index (χ1n) is 9.84. The molecule has 1 amide bonds. The van der Waals surface area contributed by atoms with Crippen molar-refractivity contribution in [1.82, 2.24) is 19.9 Å². The van der Waals surface area contributed by atoms with Gasteiger partial charge in [0, 0.05) is 32.6 Å². The van der Waals surface area contributed by atoms with Gasteiger partial charge in [-0.15, -0.1) is 11.3 Å². The summed E-state index contributed by atoms with van der Waals surface area (Å²) in [6.45, 7) is 3.08. The number of aromatic nitrogens is 2. The number of hydrogen-bond donors (Lipinski definition) is 0. The molecule has 4 heterocycles. The van der Waals surface area contributed by atoms with Gasteiger partial charge in [0.05, 0.1) is 17.0 Å². The molecule has 154 valence electrons. The van der Waals surface area contributed by atoms with Crippen molar-refractivity contribution in [2.75, 3.05) is 26.2 Å². The van der Waals surface area contributed by atoms with Gasteiger partial charge in [-0.2, -0.15) is 4.98 Å². The molecule has 0 N–H and O–H groups in total. The van der Waals surface area contributed by atoms with Gasteiger partial charge in [0.15, 0.2) is 6.10 Å². The molecule has 30 heavy (non-hydrogen) atoms. The average molecular weight is 424 g/mol. The Hall–Kier alpha value is -3.04. The minimum atomic E-state index is -0.747. The second-order valence-corrected chi connectivity index (χ2v) is 8.29. The van der Waals surface area contributed by atoms with Crippen molar-refractivity contribution in [2.45, 2.75) is 19.1 Å². The van der Waals surface area contributed by atoms with E-state index in [0.29, 0.717) is 56.4 Å². The SMILES string of the molecule is O=C1O[C@H](C(=O)N2CCN(Cc3nc(-c4cccs4)no3)CC2)Cc2ccccc21. The summed E-state index contributed by atoms with van der Waals surface area (Å²) >= 11 is 1.57. The number of cyclic esters (lactones) is 1. The Morgan fingerprint density at radius 3 is 2.77 bits per heavy atom. The number of carbonyl (C=O) groups is 2. The lowest BCUT2D eigenvalue weighted by Crippen LogP contribution is -2.52. The van der Waals surface area contributed by atoms with Gasteiger partial charge in [-0.05, 0) is 23.1 Å². The molecule has 0 aliphatic carbocycles. The zero-order valence-corrected chi connectivity index (χ0v) is 17.0. The first-order valence-corrected chi connectivity index (χ1v) is 10.7. The number of thiophene rings is 1. The Labute approximate surface area is 177 Å². The van der Waals surface area contributed by atoms with Crippen LogP contribution >= 0.6 is 11.3 Å². The third-order valence-corrected chi connectivity index (χ3v) is 6.29. The number of amides is 1. The molecule has 2 aliphatic heterocycles. The van der Waals surface area contributed by atoms with E-state index in [0.717, 1.165) is 10.4 Å². The first kappa shape index (κ1) is 19.0. The maximum atomic E-state index is 12.9. The fraction of sp³-hybridized carbons (Fsp3) is 0.333. The molecule has 1 fully saturated rings. The summed E-state index contributed by atoms with van der Waals surface area (Å²) in [5, 5.41) is 6.01. The van der Waals surface area contributed by atoms with Gasteiger partial charge in [0.1, 0.15) is 0 Å². The Balaban J connectivity index is 1.16. The van der Waals surface area contributed by atoms with Crippen LogP contribution in [0.4, 0.5) is 0 Å². The fourth-order valence-corrected chi connectivity index (χ4v) is 4.46. The lowest BCUT2D eigenvalue weighted by molar-refractivity contribution is -0.143. The number of ether oxygens (including phenoxy) is 1. The molecule has 0 saturated carbocycles. The van der Waals surface area contributed by atoms with Gasteiger partial charge in [0.2, 0.25) is 11.7 Å². The van der Waals surface area contributed by atoms with E-state index < -0.39 is 12.1 Å². The van der Waals surface area contributed by atoms with E-state index in [9.17, 15) is 9.59 Å². The van der Waals surface area contributed by atoms with Gasteiger partial charge < -0.3 is 14.2 Å². The molecular formula is C21H20N4O4S. The number of hydrogen-bond acceptors (Lipinski definition) is 8. The number of rotatable bonds is 4. The molecule has 3 aromatic rings. The summed E-state index contributed by atoms with van der Waals surface area (Å²) in [4.78, 5) is 34.5. The highest BCUT2D eigenvalue weighted by Crippen LogP contribution is 2.23. The molecule has 1 aromatic carbocycles. The largest absolute Gasteiger partial charge is 0.448 e.